The van der Waals surface area contributed by atoms with Gasteiger partial charge in [-0.25, -0.2) is 4.68 Å². The van der Waals surface area contributed by atoms with E-state index in [1.165, 1.54) is 0 Å². The predicted octanol–water partition coefficient (Wildman–Crippen LogP) is 5.06. The summed E-state index contributed by atoms with van der Waals surface area (Å²) >= 11 is 12.5. The number of nitrogens with zero attached hydrogens (tertiary/aromatic N) is 2. The van der Waals surface area contributed by atoms with Gasteiger partial charge in [0.1, 0.15) is 11.4 Å². The first-order valence-corrected chi connectivity index (χ1v) is 9.41. The fourth-order valence-electron chi connectivity index (χ4n) is 3.36. The molecule has 0 aliphatic carbocycles. The van der Waals surface area contributed by atoms with Gasteiger partial charge in [-0.05, 0) is 37.1 Å². The summed E-state index contributed by atoms with van der Waals surface area (Å²) in [4.78, 5) is 0. The van der Waals surface area contributed by atoms with Gasteiger partial charge in [0, 0.05) is 23.0 Å². The van der Waals surface area contributed by atoms with E-state index in [1.54, 1.807) is 0 Å². The van der Waals surface area contributed by atoms with E-state index in [0.29, 0.717) is 23.2 Å². The maximum Gasteiger partial charge on any atom is 0.169 e. The van der Waals surface area contributed by atoms with Gasteiger partial charge in [0.05, 0.1) is 17.3 Å². The molecule has 1 aliphatic rings. The van der Waals surface area contributed by atoms with Crippen LogP contribution in [0, 0.1) is 0 Å². The molecule has 2 heterocycles. The molecule has 0 saturated carbocycles. The number of hydrogen-bond donors (Lipinski definition) is 1. The molecule has 4 rings (SSSR count). The zero-order valence-corrected chi connectivity index (χ0v) is 15.7. The van der Waals surface area contributed by atoms with E-state index in [1.807, 2.05) is 53.2 Å². The van der Waals surface area contributed by atoms with Gasteiger partial charge in [-0.3, -0.25) is 0 Å². The van der Waals surface area contributed by atoms with E-state index in [-0.39, 0.29) is 5.92 Å². The van der Waals surface area contributed by atoms with Gasteiger partial charge in [0.2, 0.25) is 0 Å². The van der Waals surface area contributed by atoms with Crippen LogP contribution in [0.15, 0.2) is 48.5 Å². The number of ether oxygens (including phenoxy) is 1. The molecule has 0 fully saturated rings. The van der Waals surface area contributed by atoms with E-state index in [4.69, 9.17) is 38.8 Å². The van der Waals surface area contributed by atoms with Gasteiger partial charge >= 0.3 is 0 Å². The molecule has 0 radical (unpaired) electrons. The van der Waals surface area contributed by atoms with Gasteiger partial charge in [-0.15, -0.1) is 0 Å². The lowest BCUT2D eigenvalue weighted by Crippen LogP contribution is -2.13. The number of aromatic nitrogens is 2. The van der Waals surface area contributed by atoms with E-state index >= 15 is 0 Å². The standard InChI is InChI=1S/C20H19Cl2N3O/c21-15-9-7-13(8-10-15)19-20-18(14(12-23)4-3-11-26-20)24-25(19)17-6-2-1-5-16(17)22/h1-2,5-10,14H,3-4,11-12,23H2. The Bertz CT molecular complexity index is 921. The average Bonchev–Trinajstić information content (AvgIpc) is 2.90. The van der Waals surface area contributed by atoms with Crippen LogP contribution < -0.4 is 10.5 Å². The summed E-state index contributed by atoms with van der Waals surface area (Å²) < 4.78 is 7.99. The molecule has 1 aliphatic heterocycles. The number of fused-ring (bicyclic) bond motifs is 1. The zero-order chi connectivity index (χ0) is 18.1. The monoisotopic (exact) mass is 387 g/mol. The molecule has 2 aromatic carbocycles. The molecule has 0 saturated heterocycles. The minimum absolute atomic E-state index is 0.169. The van der Waals surface area contributed by atoms with Crippen molar-refractivity contribution in [3.8, 4) is 22.7 Å². The number of rotatable bonds is 3. The van der Waals surface area contributed by atoms with E-state index in [2.05, 4.69) is 0 Å². The normalized spacial score (nSPS) is 16.7. The van der Waals surface area contributed by atoms with Crippen molar-refractivity contribution in [3.05, 3.63) is 64.3 Å². The Morgan fingerprint density at radius 3 is 2.62 bits per heavy atom. The molecule has 6 heteroatoms. The van der Waals surface area contributed by atoms with Crippen LogP contribution >= 0.6 is 23.2 Å². The second-order valence-corrected chi connectivity index (χ2v) is 7.20. The number of hydrogen-bond acceptors (Lipinski definition) is 3. The van der Waals surface area contributed by atoms with E-state index in [9.17, 15) is 0 Å². The zero-order valence-electron chi connectivity index (χ0n) is 14.2. The minimum Gasteiger partial charge on any atom is -0.489 e. The first kappa shape index (κ1) is 17.4. The fraction of sp³-hybridized carbons (Fsp3) is 0.250. The molecule has 0 bridgehead atoms. The third kappa shape index (κ3) is 3.09. The summed E-state index contributed by atoms with van der Waals surface area (Å²) in [5.74, 6) is 0.961. The van der Waals surface area contributed by atoms with E-state index < -0.39 is 0 Å². The quantitative estimate of drug-likeness (QED) is 0.682. The molecule has 4 nitrogen and oxygen atoms in total. The predicted molar refractivity (Wildman–Crippen MR) is 106 cm³/mol. The second kappa shape index (κ2) is 7.31. The third-order valence-electron chi connectivity index (χ3n) is 4.68. The molecule has 2 N–H and O–H groups in total. The van der Waals surface area contributed by atoms with Crippen molar-refractivity contribution in [3.63, 3.8) is 0 Å². The molecule has 0 spiro atoms. The molecule has 26 heavy (non-hydrogen) atoms. The molecular formula is C20H19Cl2N3O. The number of para-hydroxylation sites is 1. The Labute approximate surface area is 162 Å². The van der Waals surface area contributed by atoms with Crippen LogP contribution in [0.5, 0.6) is 5.75 Å². The summed E-state index contributed by atoms with van der Waals surface area (Å²) in [5, 5.41) is 6.20. The lowest BCUT2D eigenvalue weighted by molar-refractivity contribution is 0.317. The van der Waals surface area contributed by atoms with Crippen molar-refractivity contribution in [2.75, 3.05) is 13.2 Å². The smallest absolute Gasteiger partial charge is 0.169 e. The van der Waals surface area contributed by atoms with Crippen LogP contribution in [0.25, 0.3) is 16.9 Å². The largest absolute Gasteiger partial charge is 0.489 e. The molecule has 1 unspecified atom stereocenters. The summed E-state index contributed by atoms with van der Waals surface area (Å²) in [5.41, 5.74) is 9.59. The SMILES string of the molecule is NCC1CCCOc2c1nn(-c1ccccc1Cl)c2-c1ccc(Cl)cc1. The fourth-order valence-corrected chi connectivity index (χ4v) is 3.70. The lowest BCUT2D eigenvalue weighted by Gasteiger charge is -2.12. The number of benzene rings is 2. The Morgan fingerprint density at radius 1 is 1.12 bits per heavy atom. The van der Waals surface area contributed by atoms with Crippen molar-refractivity contribution in [2.24, 2.45) is 5.73 Å². The molecule has 134 valence electrons. The first-order valence-electron chi connectivity index (χ1n) is 8.65. The topological polar surface area (TPSA) is 53.1 Å². The second-order valence-electron chi connectivity index (χ2n) is 6.36. The highest BCUT2D eigenvalue weighted by Crippen LogP contribution is 2.42. The highest BCUT2D eigenvalue weighted by molar-refractivity contribution is 6.32. The maximum atomic E-state index is 6.46. The summed E-state index contributed by atoms with van der Waals surface area (Å²) in [7, 11) is 0. The Hall–Kier alpha value is -2.01. The van der Waals surface area contributed by atoms with E-state index in [0.717, 1.165) is 41.2 Å². The summed E-state index contributed by atoms with van der Waals surface area (Å²) in [6, 6.07) is 15.3. The Morgan fingerprint density at radius 2 is 1.88 bits per heavy atom. The number of nitrogens with two attached hydrogens (primary N) is 1. The number of halogens is 2. The molecular weight excluding hydrogens is 369 g/mol. The van der Waals surface area contributed by atoms with Crippen molar-refractivity contribution in [1.29, 1.82) is 0 Å². The van der Waals surface area contributed by atoms with Gasteiger partial charge in [0.15, 0.2) is 5.75 Å². The van der Waals surface area contributed by atoms with Crippen molar-refractivity contribution in [2.45, 2.75) is 18.8 Å². The minimum atomic E-state index is 0.169. The van der Waals surface area contributed by atoms with Crippen molar-refractivity contribution in [1.82, 2.24) is 9.78 Å². The Balaban J connectivity index is 1.99. The van der Waals surface area contributed by atoms with Gasteiger partial charge in [-0.2, -0.15) is 5.10 Å². The van der Waals surface area contributed by atoms with Crippen molar-refractivity contribution < 1.29 is 4.74 Å². The highest BCUT2D eigenvalue weighted by atomic mass is 35.5. The van der Waals surface area contributed by atoms with Gasteiger partial charge in [-0.1, -0.05) is 47.5 Å². The van der Waals surface area contributed by atoms with Crippen LogP contribution in [0.4, 0.5) is 0 Å². The van der Waals surface area contributed by atoms with Crippen LogP contribution in [0.1, 0.15) is 24.5 Å². The lowest BCUT2D eigenvalue weighted by atomic mass is 9.99. The molecule has 3 aromatic rings. The van der Waals surface area contributed by atoms with Gasteiger partial charge < -0.3 is 10.5 Å². The third-order valence-corrected chi connectivity index (χ3v) is 5.25. The highest BCUT2D eigenvalue weighted by Gasteiger charge is 2.29. The van der Waals surface area contributed by atoms with Crippen LogP contribution in [-0.2, 0) is 0 Å². The van der Waals surface area contributed by atoms with Crippen LogP contribution in [-0.4, -0.2) is 22.9 Å². The Kier molecular flexibility index (Phi) is 4.90. The first-order chi connectivity index (χ1) is 12.7. The van der Waals surface area contributed by atoms with Crippen molar-refractivity contribution >= 4 is 23.2 Å². The van der Waals surface area contributed by atoms with Crippen LogP contribution in [0.2, 0.25) is 10.0 Å². The van der Waals surface area contributed by atoms with Crippen LogP contribution in [0.3, 0.4) is 0 Å². The molecule has 1 aromatic heterocycles. The average molecular weight is 388 g/mol. The summed E-state index contributed by atoms with van der Waals surface area (Å²) in [6.45, 7) is 1.19. The maximum absolute atomic E-state index is 6.46. The molecule has 1 atom stereocenters. The summed E-state index contributed by atoms with van der Waals surface area (Å²) in [6.07, 6.45) is 1.92. The van der Waals surface area contributed by atoms with Gasteiger partial charge in [0.25, 0.3) is 0 Å². The molecule has 0 amide bonds.